The van der Waals surface area contributed by atoms with Crippen LogP contribution in [0.4, 0.5) is 0 Å². The van der Waals surface area contributed by atoms with Gasteiger partial charge in [-0.05, 0) is 30.1 Å². The second-order valence-corrected chi connectivity index (χ2v) is 5.20. The Morgan fingerprint density at radius 3 is 1.92 bits per heavy atom. The normalized spacial score (nSPS) is 13.0. The average molecular weight is 169 g/mol. The van der Waals surface area contributed by atoms with Crippen LogP contribution >= 0.6 is 0 Å². The van der Waals surface area contributed by atoms with Crippen molar-refractivity contribution in [2.45, 2.75) is 60.8 Å². The molecule has 1 radical (unpaired) electrons. The minimum absolute atomic E-state index is 0.417. The smallest absolute Gasteiger partial charge is 0.0185 e. The molecule has 0 unspecified atom stereocenters. The summed E-state index contributed by atoms with van der Waals surface area (Å²) in [7, 11) is 0. The van der Waals surface area contributed by atoms with Crippen LogP contribution in [0.5, 0.6) is 0 Å². The van der Waals surface area contributed by atoms with Gasteiger partial charge in [-0.15, -0.1) is 0 Å². The molecule has 0 aliphatic heterocycles. The molecule has 0 aromatic carbocycles. The van der Waals surface area contributed by atoms with Crippen molar-refractivity contribution in [3.05, 3.63) is 5.92 Å². The van der Waals surface area contributed by atoms with Gasteiger partial charge in [0.25, 0.3) is 0 Å². The molecule has 0 aromatic rings. The minimum atomic E-state index is 0.417. The number of rotatable bonds is 4. The van der Waals surface area contributed by atoms with E-state index in [-0.39, 0.29) is 0 Å². The van der Waals surface area contributed by atoms with E-state index in [1.165, 1.54) is 19.3 Å². The molecule has 0 N–H and O–H groups in total. The molecule has 0 saturated carbocycles. The quantitative estimate of drug-likeness (QED) is 0.583. The molecule has 0 fully saturated rings. The SMILES string of the molecule is CCC[C](CC(C)C)C(C)(C)C. The number of hydrogen-bond donors (Lipinski definition) is 0. The Kier molecular flexibility index (Phi) is 4.89. The molecule has 0 aliphatic rings. The van der Waals surface area contributed by atoms with Gasteiger partial charge in [-0.1, -0.05) is 48.0 Å². The van der Waals surface area contributed by atoms with Crippen LogP contribution in [0.3, 0.4) is 0 Å². The molecule has 0 amide bonds. The molecular weight excluding hydrogens is 144 g/mol. The Morgan fingerprint density at radius 2 is 1.67 bits per heavy atom. The van der Waals surface area contributed by atoms with Crippen LogP contribution in [0.2, 0.25) is 0 Å². The van der Waals surface area contributed by atoms with Crippen LogP contribution in [0.15, 0.2) is 0 Å². The highest BCUT2D eigenvalue weighted by Gasteiger charge is 2.24. The van der Waals surface area contributed by atoms with E-state index in [4.69, 9.17) is 0 Å². The topological polar surface area (TPSA) is 0 Å². The molecule has 12 heavy (non-hydrogen) atoms. The van der Waals surface area contributed by atoms with Gasteiger partial charge >= 0.3 is 0 Å². The van der Waals surface area contributed by atoms with Crippen molar-refractivity contribution in [2.24, 2.45) is 11.3 Å². The van der Waals surface area contributed by atoms with E-state index in [2.05, 4.69) is 41.5 Å². The predicted octanol–water partition coefficient (Wildman–Crippen LogP) is 4.45. The van der Waals surface area contributed by atoms with Gasteiger partial charge in [-0.3, -0.25) is 0 Å². The van der Waals surface area contributed by atoms with Crippen molar-refractivity contribution in [3.63, 3.8) is 0 Å². The summed E-state index contributed by atoms with van der Waals surface area (Å²) >= 11 is 0. The maximum Gasteiger partial charge on any atom is -0.0185 e. The maximum absolute atomic E-state index is 2.33. The maximum atomic E-state index is 2.33. The molecule has 0 bridgehead atoms. The highest BCUT2D eigenvalue weighted by molar-refractivity contribution is 5.00. The first-order valence-corrected chi connectivity index (χ1v) is 5.23. The summed E-state index contributed by atoms with van der Waals surface area (Å²) in [5, 5.41) is 0. The molecule has 0 spiro atoms. The lowest BCUT2D eigenvalue weighted by Crippen LogP contribution is -2.19. The molecule has 73 valence electrons. The highest BCUT2D eigenvalue weighted by atomic mass is 14.3. The standard InChI is InChI=1S/C12H25/c1-7-8-11(9-10(2)3)12(4,5)6/h10H,7-9H2,1-6H3. The Hall–Kier alpha value is 0. The van der Waals surface area contributed by atoms with E-state index in [1.807, 2.05) is 0 Å². The van der Waals surface area contributed by atoms with Gasteiger partial charge in [0.05, 0.1) is 0 Å². The van der Waals surface area contributed by atoms with Crippen LogP contribution < -0.4 is 0 Å². The van der Waals surface area contributed by atoms with Crippen LogP contribution in [-0.2, 0) is 0 Å². The van der Waals surface area contributed by atoms with Gasteiger partial charge in [0, 0.05) is 0 Å². The van der Waals surface area contributed by atoms with Crippen LogP contribution in [-0.4, -0.2) is 0 Å². The van der Waals surface area contributed by atoms with E-state index in [9.17, 15) is 0 Å². The van der Waals surface area contributed by atoms with Crippen molar-refractivity contribution >= 4 is 0 Å². The fourth-order valence-corrected chi connectivity index (χ4v) is 1.58. The van der Waals surface area contributed by atoms with E-state index in [1.54, 1.807) is 5.92 Å². The van der Waals surface area contributed by atoms with E-state index in [0.717, 1.165) is 5.92 Å². The molecule has 0 rings (SSSR count). The van der Waals surface area contributed by atoms with Gasteiger partial charge in [0.1, 0.15) is 0 Å². The summed E-state index contributed by atoms with van der Waals surface area (Å²) < 4.78 is 0. The Balaban J connectivity index is 4.04. The Morgan fingerprint density at radius 1 is 1.17 bits per heavy atom. The Labute approximate surface area is 78.8 Å². The van der Waals surface area contributed by atoms with Gasteiger partial charge in [-0.25, -0.2) is 0 Å². The zero-order valence-corrected chi connectivity index (χ0v) is 9.70. The van der Waals surface area contributed by atoms with Crippen molar-refractivity contribution in [1.29, 1.82) is 0 Å². The van der Waals surface area contributed by atoms with E-state index in [0.29, 0.717) is 5.41 Å². The second kappa shape index (κ2) is 4.89. The van der Waals surface area contributed by atoms with Gasteiger partial charge in [0.15, 0.2) is 0 Å². The van der Waals surface area contributed by atoms with Gasteiger partial charge < -0.3 is 0 Å². The molecule has 0 aromatic heterocycles. The molecule has 0 saturated heterocycles. The van der Waals surface area contributed by atoms with Crippen molar-refractivity contribution < 1.29 is 0 Å². The van der Waals surface area contributed by atoms with Crippen LogP contribution in [0.1, 0.15) is 60.8 Å². The first-order chi connectivity index (χ1) is 5.38. The third-order valence-corrected chi connectivity index (χ3v) is 2.27. The summed E-state index contributed by atoms with van der Waals surface area (Å²) in [5.74, 6) is 2.55. The van der Waals surface area contributed by atoms with E-state index >= 15 is 0 Å². The summed E-state index contributed by atoms with van der Waals surface area (Å²) in [4.78, 5) is 0. The predicted molar refractivity (Wildman–Crippen MR) is 57.1 cm³/mol. The fourth-order valence-electron chi connectivity index (χ4n) is 1.58. The molecule has 0 heteroatoms. The Bertz CT molecular complexity index is 106. The lowest BCUT2D eigenvalue weighted by Gasteiger charge is -2.31. The zero-order valence-electron chi connectivity index (χ0n) is 9.70. The third-order valence-electron chi connectivity index (χ3n) is 2.27. The first kappa shape index (κ1) is 12.0. The summed E-state index contributed by atoms with van der Waals surface area (Å²) in [6.45, 7) is 13.9. The molecule has 0 nitrogen and oxygen atoms in total. The molecule has 0 aliphatic carbocycles. The van der Waals surface area contributed by atoms with Crippen molar-refractivity contribution in [2.75, 3.05) is 0 Å². The van der Waals surface area contributed by atoms with E-state index < -0.39 is 0 Å². The summed E-state index contributed by atoms with van der Waals surface area (Å²) in [6, 6.07) is 0. The summed E-state index contributed by atoms with van der Waals surface area (Å²) in [6.07, 6.45) is 3.90. The van der Waals surface area contributed by atoms with Gasteiger partial charge in [0.2, 0.25) is 0 Å². The van der Waals surface area contributed by atoms with Gasteiger partial charge in [-0.2, -0.15) is 0 Å². The monoisotopic (exact) mass is 169 g/mol. The lowest BCUT2D eigenvalue weighted by molar-refractivity contribution is 0.355. The van der Waals surface area contributed by atoms with Crippen molar-refractivity contribution in [1.82, 2.24) is 0 Å². The minimum Gasteiger partial charge on any atom is -0.0654 e. The second-order valence-electron chi connectivity index (χ2n) is 5.20. The zero-order chi connectivity index (χ0) is 9.78. The molecule has 0 atom stereocenters. The first-order valence-electron chi connectivity index (χ1n) is 5.23. The van der Waals surface area contributed by atoms with Crippen molar-refractivity contribution in [3.8, 4) is 0 Å². The summed E-state index contributed by atoms with van der Waals surface area (Å²) in [5.41, 5.74) is 0.417. The molecular formula is C12H25. The number of hydrogen-bond acceptors (Lipinski definition) is 0. The fraction of sp³-hybridized carbons (Fsp3) is 0.917. The average Bonchev–Trinajstić information content (AvgIpc) is 1.83. The molecule has 0 heterocycles. The van der Waals surface area contributed by atoms with Crippen LogP contribution in [0.25, 0.3) is 0 Å². The lowest BCUT2D eigenvalue weighted by atomic mass is 9.74. The highest BCUT2D eigenvalue weighted by Crippen LogP contribution is 2.36. The van der Waals surface area contributed by atoms with Crippen LogP contribution in [0, 0.1) is 17.3 Å². The third kappa shape index (κ3) is 4.79. The largest absolute Gasteiger partial charge is 0.0654 e.